The number of nitrogens with two attached hydrogens (primary N) is 1. The predicted molar refractivity (Wildman–Crippen MR) is 116 cm³/mol. The molecule has 0 saturated heterocycles. The Morgan fingerprint density at radius 3 is 2.71 bits per heavy atom. The summed E-state index contributed by atoms with van der Waals surface area (Å²) in [7, 11) is 0. The Hall–Kier alpha value is -2.33. The zero-order valence-corrected chi connectivity index (χ0v) is 18.2. The average Bonchev–Trinajstić information content (AvgIpc) is 3.09. The van der Waals surface area contributed by atoms with Crippen LogP contribution >= 0.6 is 0 Å². The third-order valence-electron chi connectivity index (χ3n) is 5.09. The monoisotopic (exact) mass is 434 g/mol. The summed E-state index contributed by atoms with van der Waals surface area (Å²) in [5, 5.41) is 5.52. The summed E-state index contributed by atoms with van der Waals surface area (Å²) in [5.74, 6) is -0.595. The molecule has 1 heterocycles. The number of carbonyl (C=O) groups is 3. The van der Waals surface area contributed by atoms with E-state index in [1.54, 1.807) is 4.90 Å². The van der Waals surface area contributed by atoms with Gasteiger partial charge in [-0.1, -0.05) is 25.5 Å². The maximum Gasteiger partial charge on any atom is 0.255 e. The highest BCUT2D eigenvalue weighted by Gasteiger charge is 2.35. The van der Waals surface area contributed by atoms with E-state index in [4.69, 9.17) is 15.2 Å². The van der Waals surface area contributed by atoms with Gasteiger partial charge in [-0.2, -0.15) is 0 Å². The van der Waals surface area contributed by atoms with Crippen molar-refractivity contribution >= 4 is 18.2 Å². The molecule has 0 radical (unpaired) electrons. The minimum atomic E-state index is -0.638. The molecule has 0 bridgehead atoms. The number of nitrogens with zero attached hydrogens (tertiary/aromatic N) is 1. The Kier molecular flexibility index (Phi) is 11.2. The van der Waals surface area contributed by atoms with Gasteiger partial charge in [-0.15, -0.1) is 0 Å². The van der Waals surface area contributed by atoms with Crippen molar-refractivity contribution in [3.8, 4) is 0 Å². The summed E-state index contributed by atoms with van der Waals surface area (Å²) in [4.78, 5) is 37.2. The second-order valence-corrected chi connectivity index (χ2v) is 7.37. The number of ether oxygens (including phenoxy) is 2. The van der Waals surface area contributed by atoms with E-state index in [1.165, 1.54) is 0 Å². The fourth-order valence-electron chi connectivity index (χ4n) is 3.57. The molecule has 172 valence electrons. The Labute approximate surface area is 183 Å². The third kappa shape index (κ3) is 7.70. The molecule has 9 heteroatoms. The first kappa shape index (κ1) is 24.9. The summed E-state index contributed by atoms with van der Waals surface area (Å²) in [5.41, 5.74) is 8.01. The van der Waals surface area contributed by atoms with Crippen molar-refractivity contribution in [2.45, 2.75) is 38.8 Å². The lowest BCUT2D eigenvalue weighted by molar-refractivity contribution is -0.129. The van der Waals surface area contributed by atoms with Crippen LogP contribution in [0.4, 0.5) is 0 Å². The lowest BCUT2D eigenvalue weighted by Crippen LogP contribution is -2.46. The van der Waals surface area contributed by atoms with Crippen LogP contribution in [0.2, 0.25) is 0 Å². The smallest absolute Gasteiger partial charge is 0.255 e. The molecule has 1 aliphatic rings. The zero-order valence-electron chi connectivity index (χ0n) is 18.2. The van der Waals surface area contributed by atoms with Gasteiger partial charge in [0.2, 0.25) is 12.3 Å². The fourth-order valence-corrected chi connectivity index (χ4v) is 3.57. The number of nitrogens with one attached hydrogen (secondary N) is 2. The fraction of sp³-hybridized carbons (Fsp3) is 0.591. The highest BCUT2D eigenvalue weighted by Crippen LogP contribution is 2.27. The van der Waals surface area contributed by atoms with Crippen LogP contribution in [0.3, 0.4) is 0 Å². The van der Waals surface area contributed by atoms with E-state index >= 15 is 0 Å². The quantitative estimate of drug-likeness (QED) is 0.251. The van der Waals surface area contributed by atoms with Crippen molar-refractivity contribution in [2.24, 2.45) is 5.73 Å². The number of rotatable bonds is 16. The molecular weight excluding hydrogens is 400 g/mol. The van der Waals surface area contributed by atoms with E-state index in [0.29, 0.717) is 57.9 Å². The predicted octanol–water partition coefficient (Wildman–Crippen LogP) is 0.208. The summed E-state index contributed by atoms with van der Waals surface area (Å²) >= 11 is 0. The standard InChI is InChI=1S/C22H34N4O5/c1-2-3-20(21(28)25-16-27)26-15-18-14-17(4-5-19(18)22(26)29)6-8-24-9-11-31-13-12-30-10-7-23/h4-5,14,16,20,24H,2-3,6-13,15,23H2,1H3,(H,25,27,28). The molecule has 0 spiro atoms. The number of hydrogen-bond acceptors (Lipinski definition) is 7. The van der Waals surface area contributed by atoms with Crippen LogP contribution in [0.15, 0.2) is 18.2 Å². The number of imide groups is 1. The van der Waals surface area contributed by atoms with E-state index in [9.17, 15) is 14.4 Å². The van der Waals surface area contributed by atoms with Gasteiger partial charge in [-0.05, 0) is 36.6 Å². The van der Waals surface area contributed by atoms with Gasteiger partial charge in [0.1, 0.15) is 6.04 Å². The Morgan fingerprint density at radius 1 is 1.23 bits per heavy atom. The van der Waals surface area contributed by atoms with Crippen LogP contribution in [0.25, 0.3) is 0 Å². The minimum Gasteiger partial charge on any atom is -0.378 e. The number of hydrogen-bond donors (Lipinski definition) is 3. The van der Waals surface area contributed by atoms with E-state index in [2.05, 4.69) is 10.6 Å². The molecular formula is C22H34N4O5. The van der Waals surface area contributed by atoms with Gasteiger partial charge in [0.05, 0.1) is 26.4 Å². The Balaban J connectivity index is 1.78. The van der Waals surface area contributed by atoms with Crippen LogP contribution in [0.1, 0.15) is 41.3 Å². The second-order valence-electron chi connectivity index (χ2n) is 7.37. The summed E-state index contributed by atoms with van der Waals surface area (Å²) < 4.78 is 10.7. The summed E-state index contributed by atoms with van der Waals surface area (Å²) in [6, 6.07) is 5.17. The number of carbonyl (C=O) groups excluding carboxylic acids is 3. The molecule has 1 aliphatic heterocycles. The maximum atomic E-state index is 12.8. The van der Waals surface area contributed by atoms with Crippen LogP contribution in [-0.4, -0.2) is 75.2 Å². The van der Waals surface area contributed by atoms with Crippen molar-refractivity contribution in [1.82, 2.24) is 15.5 Å². The van der Waals surface area contributed by atoms with Gasteiger partial charge in [0, 0.05) is 25.2 Å². The molecule has 2 rings (SSSR count). The molecule has 0 fully saturated rings. The molecule has 4 N–H and O–H groups in total. The van der Waals surface area contributed by atoms with Crippen LogP contribution in [0.5, 0.6) is 0 Å². The Morgan fingerprint density at radius 2 is 2.00 bits per heavy atom. The minimum absolute atomic E-state index is 0.160. The molecule has 0 aromatic heterocycles. The van der Waals surface area contributed by atoms with Crippen molar-refractivity contribution < 1.29 is 23.9 Å². The van der Waals surface area contributed by atoms with Gasteiger partial charge >= 0.3 is 0 Å². The molecule has 1 atom stereocenters. The lowest BCUT2D eigenvalue weighted by Gasteiger charge is -2.25. The van der Waals surface area contributed by atoms with Crippen LogP contribution in [-0.2, 0) is 32.0 Å². The van der Waals surface area contributed by atoms with Gasteiger partial charge in [0.25, 0.3) is 5.91 Å². The first-order valence-electron chi connectivity index (χ1n) is 10.8. The zero-order chi connectivity index (χ0) is 22.5. The van der Waals surface area contributed by atoms with Gasteiger partial charge in [0.15, 0.2) is 0 Å². The van der Waals surface area contributed by atoms with E-state index in [0.717, 1.165) is 37.1 Å². The lowest BCUT2D eigenvalue weighted by atomic mass is 10.0. The molecule has 1 aromatic rings. The topological polar surface area (TPSA) is 123 Å². The third-order valence-corrected chi connectivity index (χ3v) is 5.09. The molecule has 3 amide bonds. The highest BCUT2D eigenvalue weighted by atomic mass is 16.5. The van der Waals surface area contributed by atoms with E-state index in [1.807, 2.05) is 25.1 Å². The first-order chi connectivity index (χ1) is 15.1. The highest BCUT2D eigenvalue weighted by molar-refractivity contribution is 6.02. The number of benzene rings is 1. The molecule has 9 nitrogen and oxygen atoms in total. The van der Waals surface area contributed by atoms with Crippen molar-refractivity contribution in [2.75, 3.05) is 46.1 Å². The molecule has 0 aliphatic carbocycles. The SMILES string of the molecule is CCCC(C(=O)NC=O)N1Cc2cc(CCNCCOCCOCCN)ccc2C1=O. The number of fused-ring (bicyclic) bond motifs is 1. The molecule has 0 saturated carbocycles. The molecule has 1 aromatic carbocycles. The van der Waals surface area contributed by atoms with Gasteiger partial charge in [-0.25, -0.2) is 0 Å². The number of amides is 3. The average molecular weight is 435 g/mol. The van der Waals surface area contributed by atoms with Crippen molar-refractivity contribution in [3.63, 3.8) is 0 Å². The largest absolute Gasteiger partial charge is 0.378 e. The first-order valence-corrected chi connectivity index (χ1v) is 10.8. The van der Waals surface area contributed by atoms with Crippen molar-refractivity contribution in [1.29, 1.82) is 0 Å². The van der Waals surface area contributed by atoms with Gasteiger partial charge < -0.3 is 25.4 Å². The van der Waals surface area contributed by atoms with E-state index in [-0.39, 0.29) is 5.91 Å². The molecule has 31 heavy (non-hydrogen) atoms. The second kappa shape index (κ2) is 13.9. The summed E-state index contributed by atoms with van der Waals surface area (Å²) in [6.07, 6.45) is 2.44. The molecule has 1 unspecified atom stereocenters. The Bertz CT molecular complexity index is 728. The van der Waals surface area contributed by atoms with Crippen molar-refractivity contribution in [3.05, 3.63) is 34.9 Å². The van der Waals surface area contributed by atoms with Crippen LogP contribution < -0.4 is 16.4 Å². The normalized spacial score (nSPS) is 13.9. The maximum absolute atomic E-state index is 12.8. The summed E-state index contributed by atoms with van der Waals surface area (Å²) in [6.45, 7) is 6.66. The van der Waals surface area contributed by atoms with Gasteiger partial charge in [-0.3, -0.25) is 19.7 Å². The van der Waals surface area contributed by atoms with E-state index < -0.39 is 11.9 Å². The van der Waals surface area contributed by atoms with Crippen LogP contribution in [0, 0.1) is 0 Å².